The van der Waals surface area contributed by atoms with Gasteiger partial charge in [-0.15, -0.1) is 0 Å². The number of ether oxygens (including phenoxy) is 2. The third-order valence-corrected chi connectivity index (χ3v) is 2.02. The zero-order chi connectivity index (χ0) is 8.97. The molecule has 0 radical (unpaired) electrons. The van der Waals surface area contributed by atoms with Crippen molar-refractivity contribution in [2.24, 2.45) is 0 Å². The summed E-state index contributed by atoms with van der Waals surface area (Å²) in [6, 6.07) is 0. The molecule has 0 saturated carbocycles. The molecule has 0 aromatic heterocycles. The minimum atomic E-state index is -0.311. The van der Waals surface area contributed by atoms with E-state index in [0.29, 0.717) is 6.61 Å². The SMILES string of the molecule is CCOC(=O)C1CCCC(C)O1. The molecule has 1 rings (SSSR count). The predicted octanol–water partition coefficient (Wildman–Crippen LogP) is 1.51. The summed E-state index contributed by atoms with van der Waals surface area (Å²) in [5, 5.41) is 0. The van der Waals surface area contributed by atoms with Crippen molar-refractivity contribution in [1.29, 1.82) is 0 Å². The summed E-state index contributed by atoms with van der Waals surface area (Å²) in [6.45, 7) is 4.24. The van der Waals surface area contributed by atoms with Gasteiger partial charge in [-0.3, -0.25) is 0 Å². The Hall–Kier alpha value is -0.570. The molecule has 2 unspecified atom stereocenters. The van der Waals surface area contributed by atoms with Crippen molar-refractivity contribution in [3.05, 3.63) is 0 Å². The van der Waals surface area contributed by atoms with Gasteiger partial charge in [0.1, 0.15) is 0 Å². The Labute approximate surface area is 73.0 Å². The Balaban J connectivity index is 2.35. The normalized spacial score (nSPS) is 29.8. The molecule has 0 aromatic carbocycles. The average molecular weight is 172 g/mol. The molecular formula is C9H16O3. The molecule has 1 heterocycles. The maximum Gasteiger partial charge on any atom is 0.335 e. The van der Waals surface area contributed by atoms with E-state index in [1.54, 1.807) is 0 Å². The first-order chi connectivity index (χ1) is 5.74. The molecule has 3 nitrogen and oxygen atoms in total. The third kappa shape index (κ3) is 2.48. The first kappa shape index (κ1) is 9.52. The van der Waals surface area contributed by atoms with Crippen molar-refractivity contribution < 1.29 is 14.3 Å². The van der Waals surface area contributed by atoms with Crippen LogP contribution in [-0.4, -0.2) is 24.8 Å². The highest BCUT2D eigenvalue weighted by molar-refractivity contribution is 5.74. The minimum absolute atomic E-state index is 0.202. The molecule has 0 aromatic rings. The van der Waals surface area contributed by atoms with Crippen molar-refractivity contribution in [1.82, 2.24) is 0 Å². The fraction of sp³-hybridized carbons (Fsp3) is 0.889. The molecule has 1 saturated heterocycles. The summed E-state index contributed by atoms with van der Waals surface area (Å²) in [5.74, 6) is -0.205. The quantitative estimate of drug-likeness (QED) is 0.592. The van der Waals surface area contributed by atoms with Crippen molar-refractivity contribution in [2.75, 3.05) is 6.61 Å². The summed E-state index contributed by atoms with van der Waals surface area (Å²) in [6.07, 6.45) is 2.81. The van der Waals surface area contributed by atoms with Crippen LogP contribution in [-0.2, 0) is 14.3 Å². The lowest BCUT2D eigenvalue weighted by Crippen LogP contribution is -2.33. The van der Waals surface area contributed by atoms with Crippen LogP contribution in [0, 0.1) is 0 Å². The van der Waals surface area contributed by atoms with Gasteiger partial charge in [0.2, 0.25) is 0 Å². The summed E-state index contributed by atoms with van der Waals surface area (Å²) in [5.41, 5.74) is 0. The molecule has 0 amide bonds. The van der Waals surface area contributed by atoms with Gasteiger partial charge >= 0.3 is 5.97 Å². The van der Waals surface area contributed by atoms with E-state index < -0.39 is 0 Å². The Morgan fingerprint density at radius 2 is 2.33 bits per heavy atom. The van der Waals surface area contributed by atoms with Crippen molar-refractivity contribution >= 4 is 5.97 Å². The molecule has 0 bridgehead atoms. The molecular weight excluding hydrogens is 156 g/mol. The Kier molecular flexibility index (Phi) is 3.53. The first-order valence-electron chi connectivity index (χ1n) is 4.56. The lowest BCUT2D eigenvalue weighted by Gasteiger charge is -2.25. The average Bonchev–Trinajstić information content (AvgIpc) is 2.05. The van der Waals surface area contributed by atoms with Gasteiger partial charge in [0.15, 0.2) is 6.10 Å². The van der Waals surface area contributed by atoms with Crippen LogP contribution in [0.15, 0.2) is 0 Å². The van der Waals surface area contributed by atoms with Crippen molar-refractivity contribution in [2.45, 2.75) is 45.3 Å². The smallest absolute Gasteiger partial charge is 0.335 e. The van der Waals surface area contributed by atoms with Crippen LogP contribution in [0.25, 0.3) is 0 Å². The molecule has 1 aliphatic heterocycles. The maximum atomic E-state index is 11.2. The van der Waals surface area contributed by atoms with E-state index in [0.717, 1.165) is 19.3 Å². The zero-order valence-electron chi connectivity index (χ0n) is 7.71. The van der Waals surface area contributed by atoms with E-state index in [2.05, 4.69) is 0 Å². The second-order valence-corrected chi connectivity index (χ2v) is 3.12. The fourth-order valence-corrected chi connectivity index (χ4v) is 1.42. The standard InChI is InChI=1S/C9H16O3/c1-3-11-9(10)8-6-4-5-7(2)12-8/h7-8H,3-6H2,1-2H3. The molecule has 0 aliphatic carbocycles. The summed E-state index contributed by atoms with van der Waals surface area (Å²) >= 11 is 0. The summed E-state index contributed by atoms with van der Waals surface area (Å²) in [7, 11) is 0. The van der Waals surface area contributed by atoms with E-state index in [1.165, 1.54) is 0 Å². The van der Waals surface area contributed by atoms with Gasteiger partial charge < -0.3 is 9.47 Å². The highest BCUT2D eigenvalue weighted by atomic mass is 16.6. The third-order valence-electron chi connectivity index (χ3n) is 2.02. The zero-order valence-corrected chi connectivity index (χ0v) is 7.71. The highest BCUT2D eigenvalue weighted by Gasteiger charge is 2.26. The molecule has 2 atom stereocenters. The van der Waals surface area contributed by atoms with Crippen LogP contribution in [0.2, 0.25) is 0 Å². The van der Waals surface area contributed by atoms with E-state index in [-0.39, 0.29) is 18.2 Å². The van der Waals surface area contributed by atoms with E-state index >= 15 is 0 Å². The molecule has 0 N–H and O–H groups in total. The highest BCUT2D eigenvalue weighted by Crippen LogP contribution is 2.19. The van der Waals surface area contributed by atoms with Crippen LogP contribution >= 0.6 is 0 Å². The van der Waals surface area contributed by atoms with E-state index in [1.807, 2.05) is 13.8 Å². The predicted molar refractivity (Wildman–Crippen MR) is 44.8 cm³/mol. The summed E-state index contributed by atoms with van der Waals surface area (Å²) < 4.78 is 10.3. The lowest BCUT2D eigenvalue weighted by atomic mass is 10.1. The van der Waals surface area contributed by atoms with Gasteiger partial charge in [0, 0.05) is 0 Å². The van der Waals surface area contributed by atoms with Gasteiger partial charge in [-0.25, -0.2) is 4.79 Å². The topological polar surface area (TPSA) is 35.5 Å². The van der Waals surface area contributed by atoms with E-state index in [4.69, 9.17) is 9.47 Å². The van der Waals surface area contributed by atoms with Gasteiger partial charge in [-0.05, 0) is 33.1 Å². The largest absolute Gasteiger partial charge is 0.464 e. The molecule has 0 spiro atoms. The van der Waals surface area contributed by atoms with E-state index in [9.17, 15) is 4.79 Å². The lowest BCUT2D eigenvalue weighted by molar-refractivity contribution is -0.164. The van der Waals surface area contributed by atoms with Crippen LogP contribution < -0.4 is 0 Å². The Morgan fingerprint density at radius 1 is 1.58 bits per heavy atom. The van der Waals surface area contributed by atoms with Crippen molar-refractivity contribution in [3.8, 4) is 0 Å². The van der Waals surface area contributed by atoms with Crippen LogP contribution in [0.5, 0.6) is 0 Å². The Morgan fingerprint density at radius 3 is 2.92 bits per heavy atom. The molecule has 12 heavy (non-hydrogen) atoms. The second-order valence-electron chi connectivity index (χ2n) is 3.12. The number of hydrogen-bond donors (Lipinski definition) is 0. The molecule has 3 heteroatoms. The van der Waals surface area contributed by atoms with Gasteiger partial charge in [-0.2, -0.15) is 0 Å². The number of hydrogen-bond acceptors (Lipinski definition) is 3. The molecule has 1 fully saturated rings. The van der Waals surface area contributed by atoms with Crippen molar-refractivity contribution in [3.63, 3.8) is 0 Å². The number of carbonyl (C=O) groups is 1. The monoisotopic (exact) mass is 172 g/mol. The fourth-order valence-electron chi connectivity index (χ4n) is 1.42. The Bertz CT molecular complexity index is 156. The maximum absolute atomic E-state index is 11.2. The second kappa shape index (κ2) is 4.45. The molecule has 1 aliphatic rings. The van der Waals surface area contributed by atoms with Gasteiger partial charge in [-0.1, -0.05) is 0 Å². The van der Waals surface area contributed by atoms with Crippen LogP contribution in [0.1, 0.15) is 33.1 Å². The molecule has 70 valence electrons. The number of esters is 1. The number of rotatable bonds is 2. The van der Waals surface area contributed by atoms with Crippen LogP contribution in [0.4, 0.5) is 0 Å². The number of carbonyl (C=O) groups excluding carboxylic acids is 1. The minimum Gasteiger partial charge on any atom is -0.464 e. The first-order valence-corrected chi connectivity index (χ1v) is 4.56. The van der Waals surface area contributed by atoms with Gasteiger partial charge in [0.25, 0.3) is 0 Å². The van der Waals surface area contributed by atoms with Gasteiger partial charge in [0.05, 0.1) is 12.7 Å². The van der Waals surface area contributed by atoms with Crippen LogP contribution in [0.3, 0.4) is 0 Å². The summed E-state index contributed by atoms with van der Waals surface area (Å²) in [4.78, 5) is 11.2.